The van der Waals surface area contributed by atoms with Crippen molar-refractivity contribution in [3.05, 3.63) is 65.5 Å². The number of rotatable bonds is 6. The number of fused-ring (bicyclic) bond motifs is 1. The highest BCUT2D eigenvalue weighted by molar-refractivity contribution is 5.89. The van der Waals surface area contributed by atoms with Gasteiger partial charge in [0.2, 0.25) is 5.75 Å². The summed E-state index contributed by atoms with van der Waals surface area (Å²) in [5, 5.41) is -0.935. The molecule has 34 heavy (non-hydrogen) atoms. The van der Waals surface area contributed by atoms with Crippen LogP contribution in [-0.4, -0.2) is 6.36 Å². The molecule has 1 fully saturated rings. The van der Waals surface area contributed by atoms with Gasteiger partial charge in [0.1, 0.15) is 5.82 Å². The summed E-state index contributed by atoms with van der Waals surface area (Å²) in [4.78, 5) is 0. The van der Waals surface area contributed by atoms with Crippen LogP contribution in [0.2, 0.25) is 0 Å². The maximum Gasteiger partial charge on any atom is 0.573 e. The van der Waals surface area contributed by atoms with E-state index in [0.29, 0.717) is 23.1 Å². The third kappa shape index (κ3) is 5.34. The number of hydrogen-bond acceptors (Lipinski definition) is 1. The van der Waals surface area contributed by atoms with Gasteiger partial charge < -0.3 is 4.74 Å². The summed E-state index contributed by atoms with van der Waals surface area (Å²) >= 11 is 0. The molecule has 7 heteroatoms. The topological polar surface area (TPSA) is 9.23 Å². The standard InChI is InChI=1S/C27H26F6O/c1-2-3-4-16-5-7-17(8-6-16)18-9-11-19(12-10-18)20-13-21-15-23(29)26(34-27(31,32)33)25(30)24(21)22(28)14-20/h9-17H,2-8H2,1H3/t16-,17-. The first-order valence-corrected chi connectivity index (χ1v) is 11.6. The molecule has 0 aromatic heterocycles. The van der Waals surface area contributed by atoms with Crippen molar-refractivity contribution in [2.24, 2.45) is 5.92 Å². The van der Waals surface area contributed by atoms with Gasteiger partial charge in [0, 0.05) is 0 Å². The van der Waals surface area contributed by atoms with Gasteiger partial charge >= 0.3 is 6.36 Å². The molecule has 0 N–H and O–H groups in total. The predicted octanol–water partition coefficient (Wildman–Crippen LogP) is 9.29. The minimum absolute atomic E-state index is 0.186. The van der Waals surface area contributed by atoms with E-state index in [2.05, 4.69) is 11.7 Å². The van der Waals surface area contributed by atoms with E-state index in [1.165, 1.54) is 43.7 Å². The smallest absolute Gasteiger partial charge is 0.399 e. The second-order valence-electron chi connectivity index (χ2n) is 9.09. The first kappa shape index (κ1) is 24.4. The molecule has 0 spiro atoms. The zero-order valence-corrected chi connectivity index (χ0v) is 18.8. The van der Waals surface area contributed by atoms with Gasteiger partial charge in [-0.1, -0.05) is 50.5 Å². The molecule has 1 nitrogen and oxygen atoms in total. The van der Waals surface area contributed by atoms with E-state index in [1.54, 1.807) is 0 Å². The fourth-order valence-electron chi connectivity index (χ4n) is 4.99. The van der Waals surface area contributed by atoms with Gasteiger partial charge in [-0.3, -0.25) is 0 Å². The highest BCUT2D eigenvalue weighted by Gasteiger charge is 2.35. The van der Waals surface area contributed by atoms with E-state index in [9.17, 15) is 26.3 Å². The lowest BCUT2D eigenvalue weighted by molar-refractivity contribution is -0.276. The lowest BCUT2D eigenvalue weighted by Crippen LogP contribution is -2.19. The van der Waals surface area contributed by atoms with Gasteiger partial charge in [-0.2, -0.15) is 0 Å². The number of alkyl halides is 3. The highest BCUT2D eigenvalue weighted by atomic mass is 19.4. The Labute approximate surface area is 194 Å². The molecule has 3 aromatic rings. The van der Waals surface area contributed by atoms with E-state index >= 15 is 0 Å². The number of unbranched alkanes of at least 4 members (excludes halogenated alkanes) is 1. The van der Waals surface area contributed by atoms with E-state index in [-0.39, 0.29) is 5.39 Å². The van der Waals surface area contributed by atoms with Crippen LogP contribution in [0.4, 0.5) is 26.3 Å². The molecule has 182 valence electrons. The second kappa shape index (κ2) is 9.88. The van der Waals surface area contributed by atoms with Crippen molar-refractivity contribution in [1.29, 1.82) is 0 Å². The van der Waals surface area contributed by atoms with Gasteiger partial charge in [0.15, 0.2) is 11.6 Å². The van der Waals surface area contributed by atoms with E-state index < -0.39 is 34.9 Å². The molecule has 0 heterocycles. The minimum Gasteiger partial charge on any atom is -0.399 e. The zero-order chi connectivity index (χ0) is 24.5. The van der Waals surface area contributed by atoms with Crippen LogP contribution >= 0.6 is 0 Å². The summed E-state index contributed by atoms with van der Waals surface area (Å²) < 4.78 is 84.2. The van der Waals surface area contributed by atoms with Gasteiger partial charge in [-0.25, -0.2) is 13.2 Å². The fourth-order valence-corrected chi connectivity index (χ4v) is 4.99. The largest absolute Gasteiger partial charge is 0.573 e. The van der Waals surface area contributed by atoms with E-state index in [0.717, 1.165) is 24.8 Å². The van der Waals surface area contributed by atoms with Gasteiger partial charge in [-0.15, -0.1) is 13.2 Å². The molecular formula is C27H26F6O. The maximum atomic E-state index is 14.7. The molecule has 0 bridgehead atoms. The fraction of sp³-hybridized carbons (Fsp3) is 0.407. The van der Waals surface area contributed by atoms with Gasteiger partial charge in [0.25, 0.3) is 0 Å². The Morgan fingerprint density at radius 3 is 2.15 bits per heavy atom. The summed E-state index contributed by atoms with van der Waals surface area (Å²) in [6.45, 7) is 2.21. The maximum absolute atomic E-state index is 14.7. The number of ether oxygens (including phenoxy) is 1. The molecule has 0 radical (unpaired) electrons. The monoisotopic (exact) mass is 480 g/mol. The van der Waals surface area contributed by atoms with Crippen molar-refractivity contribution < 1.29 is 31.1 Å². The lowest BCUT2D eigenvalue weighted by Gasteiger charge is -2.29. The first-order chi connectivity index (χ1) is 16.2. The Hall–Kier alpha value is -2.70. The van der Waals surface area contributed by atoms with Crippen LogP contribution < -0.4 is 4.74 Å². The molecule has 0 unspecified atom stereocenters. The van der Waals surface area contributed by atoms with Gasteiger partial charge in [0.05, 0.1) is 5.39 Å². The zero-order valence-electron chi connectivity index (χ0n) is 18.8. The molecule has 1 saturated carbocycles. The Bertz CT molecular complexity index is 1140. The Kier molecular flexibility index (Phi) is 7.10. The third-order valence-electron chi connectivity index (χ3n) is 6.78. The van der Waals surface area contributed by atoms with Crippen LogP contribution in [0.1, 0.15) is 63.4 Å². The van der Waals surface area contributed by atoms with Crippen molar-refractivity contribution in [2.45, 2.75) is 64.1 Å². The second-order valence-corrected chi connectivity index (χ2v) is 9.09. The summed E-state index contributed by atoms with van der Waals surface area (Å²) in [6, 6.07) is 10.7. The number of hydrogen-bond donors (Lipinski definition) is 0. The van der Waals surface area contributed by atoms with Crippen LogP contribution in [0.3, 0.4) is 0 Å². The van der Waals surface area contributed by atoms with Crippen molar-refractivity contribution in [3.63, 3.8) is 0 Å². The molecule has 0 amide bonds. The molecule has 0 saturated heterocycles. The number of benzene rings is 3. The molecule has 3 aromatic carbocycles. The highest BCUT2D eigenvalue weighted by Crippen LogP contribution is 2.39. The lowest BCUT2D eigenvalue weighted by atomic mass is 9.77. The van der Waals surface area contributed by atoms with Crippen LogP contribution in [0.15, 0.2) is 42.5 Å². The summed E-state index contributed by atoms with van der Waals surface area (Å²) in [5.74, 6) is -4.74. The van der Waals surface area contributed by atoms with Crippen LogP contribution in [0, 0.1) is 23.4 Å². The Morgan fingerprint density at radius 1 is 0.853 bits per heavy atom. The van der Waals surface area contributed by atoms with Crippen LogP contribution in [0.5, 0.6) is 5.75 Å². The van der Waals surface area contributed by atoms with Crippen molar-refractivity contribution in [1.82, 2.24) is 0 Å². The normalized spacial score (nSPS) is 18.9. The SMILES string of the molecule is CCCC[C@H]1CC[C@H](c2ccc(-c3cc(F)c4c(F)c(OC(F)(F)F)c(F)cc4c3)cc2)CC1. The van der Waals surface area contributed by atoms with Crippen LogP contribution in [-0.2, 0) is 0 Å². The third-order valence-corrected chi connectivity index (χ3v) is 6.78. The molecule has 1 aliphatic rings. The Morgan fingerprint density at radius 2 is 1.53 bits per heavy atom. The van der Waals surface area contributed by atoms with Crippen LogP contribution in [0.25, 0.3) is 21.9 Å². The predicted molar refractivity (Wildman–Crippen MR) is 120 cm³/mol. The summed E-state index contributed by atoms with van der Waals surface area (Å²) in [7, 11) is 0. The minimum atomic E-state index is -5.30. The average molecular weight is 480 g/mol. The van der Waals surface area contributed by atoms with E-state index in [1.807, 2.05) is 24.3 Å². The molecule has 0 aliphatic heterocycles. The van der Waals surface area contributed by atoms with Crippen molar-refractivity contribution >= 4 is 10.8 Å². The van der Waals surface area contributed by atoms with Crippen molar-refractivity contribution in [3.8, 4) is 16.9 Å². The average Bonchev–Trinajstić information content (AvgIpc) is 2.80. The van der Waals surface area contributed by atoms with E-state index in [4.69, 9.17) is 0 Å². The molecule has 0 atom stereocenters. The number of halogens is 6. The quantitative estimate of drug-likeness (QED) is 0.320. The molecular weight excluding hydrogens is 454 g/mol. The van der Waals surface area contributed by atoms with Gasteiger partial charge in [-0.05, 0) is 77.8 Å². The van der Waals surface area contributed by atoms with Crippen molar-refractivity contribution in [2.75, 3.05) is 0 Å². The summed E-state index contributed by atoms with van der Waals surface area (Å²) in [5.41, 5.74) is 2.24. The molecule has 1 aliphatic carbocycles. The Balaban J connectivity index is 1.57. The first-order valence-electron chi connectivity index (χ1n) is 11.6. The molecule has 4 rings (SSSR count). The summed E-state index contributed by atoms with van der Waals surface area (Å²) in [6.07, 6.45) is 3.20.